The normalized spacial score (nSPS) is 20.9. The molecule has 9 nitrogen and oxygen atoms in total. The van der Waals surface area contributed by atoms with Gasteiger partial charge in [0.25, 0.3) is 0 Å². The van der Waals surface area contributed by atoms with Crippen molar-refractivity contribution in [3.63, 3.8) is 0 Å². The molecular formula is C28H33IN2O7. The van der Waals surface area contributed by atoms with Gasteiger partial charge in [-0.2, -0.15) is 0 Å². The Labute approximate surface area is 235 Å². The molecule has 38 heavy (non-hydrogen) atoms. The van der Waals surface area contributed by atoms with E-state index in [0.29, 0.717) is 32.8 Å². The lowest BCUT2D eigenvalue weighted by atomic mass is 9.87. The van der Waals surface area contributed by atoms with Crippen LogP contribution < -0.4 is 14.8 Å². The molecule has 2 amide bonds. The van der Waals surface area contributed by atoms with Crippen molar-refractivity contribution in [2.45, 2.75) is 50.7 Å². The largest absolute Gasteiger partial charge is 0.493 e. The average Bonchev–Trinajstić information content (AvgIpc) is 3.78. The minimum Gasteiger partial charge on any atom is -0.493 e. The van der Waals surface area contributed by atoms with Crippen LogP contribution in [-0.2, 0) is 22.7 Å². The second-order valence-corrected chi connectivity index (χ2v) is 10.7. The number of ether oxygens (including phenoxy) is 2. The summed E-state index contributed by atoms with van der Waals surface area (Å²) in [6.07, 6.45) is 1.23. The molecule has 0 bridgehead atoms. The molecule has 0 saturated heterocycles. The van der Waals surface area contributed by atoms with E-state index in [-0.39, 0.29) is 43.9 Å². The third-order valence-electron chi connectivity index (χ3n) is 6.75. The summed E-state index contributed by atoms with van der Waals surface area (Å²) in [5.74, 6) is 0.220. The maximum absolute atomic E-state index is 13.5. The number of nitrogens with one attached hydrogen (secondary N) is 1. The number of hydrogen-bond acceptors (Lipinski definition) is 7. The molecule has 3 atom stereocenters. The fourth-order valence-electron chi connectivity index (χ4n) is 4.60. The third kappa shape index (κ3) is 6.66. The molecule has 204 valence electrons. The van der Waals surface area contributed by atoms with Crippen molar-refractivity contribution in [1.29, 1.82) is 0 Å². The molecular weight excluding hydrogens is 603 g/mol. The summed E-state index contributed by atoms with van der Waals surface area (Å²) < 4.78 is 12.4. The van der Waals surface area contributed by atoms with Crippen molar-refractivity contribution in [3.05, 3.63) is 68.8 Å². The Morgan fingerprint density at radius 2 is 1.87 bits per heavy atom. The van der Waals surface area contributed by atoms with Gasteiger partial charge in [-0.1, -0.05) is 30.3 Å². The van der Waals surface area contributed by atoms with E-state index >= 15 is 0 Å². The number of halogens is 1. The molecule has 4 rings (SSSR count). The summed E-state index contributed by atoms with van der Waals surface area (Å²) in [5, 5.41) is 33.0. The average molecular weight is 636 g/mol. The Balaban J connectivity index is 1.70. The first-order valence-corrected chi connectivity index (χ1v) is 13.7. The molecule has 2 aliphatic carbocycles. The molecule has 2 aliphatic rings. The Hall–Kier alpha value is -2.67. The summed E-state index contributed by atoms with van der Waals surface area (Å²) in [7, 11) is 1.49. The van der Waals surface area contributed by atoms with Gasteiger partial charge in [-0.05, 0) is 64.8 Å². The number of carbonyl (C=O) groups excluding carboxylic acids is 2. The molecule has 10 heteroatoms. The molecule has 0 heterocycles. The third-order valence-corrected chi connectivity index (χ3v) is 7.55. The second kappa shape index (κ2) is 12.9. The van der Waals surface area contributed by atoms with Crippen LogP contribution in [0.2, 0.25) is 0 Å². The molecule has 0 aliphatic heterocycles. The molecule has 0 unspecified atom stereocenters. The minimum absolute atomic E-state index is 0.0480. The maximum Gasteiger partial charge on any atom is 0.247 e. The van der Waals surface area contributed by atoms with Gasteiger partial charge >= 0.3 is 0 Å². The van der Waals surface area contributed by atoms with Crippen molar-refractivity contribution in [2.24, 2.45) is 5.92 Å². The number of aliphatic hydroxyl groups excluding tert-OH is 3. The van der Waals surface area contributed by atoms with E-state index in [9.17, 15) is 24.9 Å². The highest BCUT2D eigenvalue weighted by molar-refractivity contribution is 14.1. The van der Waals surface area contributed by atoms with E-state index in [1.165, 1.54) is 7.11 Å². The van der Waals surface area contributed by atoms with E-state index in [0.717, 1.165) is 18.4 Å². The highest BCUT2D eigenvalue weighted by atomic mass is 127. The zero-order chi connectivity index (χ0) is 27.2. The lowest BCUT2D eigenvalue weighted by Crippen LogP contribution is -2.55. The number of hydrogen-bond donors (Lipinski definition) is 4. The van der Waals surface area contributed by atoms with E-state index < -0.39 is 18.2 Å². The van der Waals surface area contributed by atoms with Crippen LogP contribution in [0.15, 0.2) is 54.1 Å². The minimum atomic E-state index is -1.13. The number of carbonyl (C=O) groups is 2. The van der Waals surface area contributed by atoms with E-state index in [2.05, 4.69) is 27.9 Å². The molecule has 1 fully saturated rings. The van der Waals surface area contributed by atoms with Crippen LogP contribution >= 0.6 is 22.6 Å². The maximum atomic E-state index is 13.5. The number of amides is 2. The van der Waals surface area contributed by atoms with Gasteiger partial charge in [0, 0.05) is 31.0 Å². The molecule has 2 aromatic carbocycles. The van der Waals surface area contributed by atoms with Crippen LogP contribution in [0.25, 0.3) is 0 Å². The first-order chi connectivity index (χ1) is 18.4. The van der Waals surface area contributed by atoms with Crippen LogP contribution in [0.4, 0.5) is 0 Å². The van der Waals surface area contributed by atoms with Gasteiger partial charge in [-0.15, -0.1) is 0 Å². The van der Waals surface area contributed by atoms with Crippen molar-refractivity contribution in [2.75, 3.05) is 20.3 Å². The second-order valence-electron chi connectivity index (χ2n) is 9.51. The number of benzene rings is 2. The quantitative estimate of drug-likeness (QED) is 0.279. The fourth-order valence-corrected chi connectivity index (χ4v) is 5.39. The van der Waals surface area contributed by atoms with Gasteiger partial charge in [0.2, 0.25) is 11.8 Å². The Kier molecular flexibility index (Phi) is 9.64. The SMILES string of the molecule is COc1cc(CO)cc(I)c1O[C@H]1C=C(C(=O)NCCO)C[C@@H](N(Cc2ccccc2)C(=O)C2CC2)[C@@H]1O. The van der Waals surface area contributed by atoms with Crippen LogP contribution in [0, 0.1) is 9.49 Å². The van der Waals surface area contributed by atoms with Gasteiger partial charge in [0.15, 0.2) is 11.5 Å². The number of rotatable bonds is 11. The Bertz CT molecular complexity index is 1170. The lowest BCUT2D eigenvalue weighted by Gasteiger charge is -2.41. The number of methoxy groups -OCH3 is 1. The molecule has 0 radical (unpaired) electrons. The van der Waals surface area contributed by atoms with E-state index in [4.69, 9.17) is 9.47 Å². The zero-order valence-corrected chi connectivity index (χ0v) is 23.3. The monoisotopic (exact) mass is 636 g/mol. The topological polar surface area (TPSA) is 129 Å². The van der Waals surface area contributed by atoms with Gasteiger partial charge in [0.05, 0.1) is 29.9 Å². The van der Waals surface area contributed by atoms with Gasteiger partial charge < -0.3 is 35.0 Å². The highest BCUT2D eigenvalue weighted by Gasteiger charge is 2.44. The van der Waals surface area contributed by atoms with Crippen LogP contribution in [-0.4, -0.2) is 70.5 Å². The van der Waals surface area contributed by atoms with Gasteiger partial charge in [-0.3, -0.25) is 9.59 Å². The lowest BCUT2D eigenvalue weighted by molar-refractivity contribution is -0.140. The summed E-state index contributed by atoms with van der Waals surface area (Å²) >= 11 is 2.07. The summed E-state index contributed by atoms with van der Waals surface area (Å²) in [4.78, 5) is 28.1. The van der Waals surface area contributed by atoms with Crippen molar-refractivity contribution < 1.29 is 34.4 Å². The number of aliphatic hydroxyl groups is 3. The number of nitrogens with zero attached hydrogens (tertiary/aromatic N) is 1. The van der Waals surface area contributed by atoms with E-state index in [1.807, 2.05) is 30.3 Å². The molecule has 0 aromatic heterocycles. The van der Waals surface area contributed by atoms with Gasteiger partial charge in [0.1, 0.15) is 12.2 Å². The highest BCUT2D eigenvalue weighted by Crippen LogP contribution is 2.39. The molecule has 2 aromatic rings. The van der Waals surface area contributed by atoms with Gasteiger partial charge in [-0.25, -0.2) is 0 Å². The van der Waals surface area contributed by atoms with E-state index in [1.54, 1.807) is 23.1 Å². The van der Waals surface area contributed by atoms with Crippen LogP contribution in [0.5, 0.6) is 11.5 Å². The first kappa shape index (κ1) is 28.3. The summed E-state index contributed by atoms with van der Waals surface area (Å²) in [6.45, 7) is -0.00825. The summed E-state index contributed by atoms with van der Waals surface area (Å²) in [5.41, 5.74) is 1.92. The van der Waals surface area contributed by atoms with Crippen LogP contribution in [0.1, 0.15) is 30.4 Å². The van der Waals surface area contributed by atoms with Crippen molar-refractivity contribution in [3.8, 4) is 11.5 Å². The smallest absolute Gasteiger partial charge is 0.247 e. The van der Waals surface area contributed by atoms with Crippen molar-refractivity contribution >= 4 is 34.4 Å². The molecule has 0 spiro atoms. The zero-order valence-electron chi connectivity index (χ0n) is 21.2. The predicted octanol–water partition coefficient (Wildman–Crippen LogP) is 2.15. The summed E-state index contributed by atoms with van der Waals surface area (Å²) in [6, 6.07) is 12.2. The predicted molar refractivity (Wildman–Crippen MR) is 148 cm³/mol. The Morgan fingerprint density at radius 1 is 1.13 bits per heavy atom. The first-order valence-electron chi connectivity index (χ1n) is 12.6. The van der Waals surface area contributed by atoms with Crippen LogP contribution in [0.3, 0.4) is 0 Å². The standard InChI is InChI=1S/C28H33IN2O7/c1-37-24-12-18(16-33)11-21(29)26(24)38-23-14-20(27(35)30-9-10-32)13-22(25(23)34)31(28(36)19-7-8-19)15-17-5-3-2-4-6-17/h2-6,11-12,14,19,22-23,25,32-34H,7-10,13,15-16H2,1H3,(H,30,35)/t22-,23+,25+/m1/s1. The molecule has 1 saturated carbocycles. The molecule has 4 N–H and O–H groups in total. The fraction of sp³-hybridized carbons (Fsp3) is 0.429. The van der Waals surface area contributed by atoms with Crippen molar-refractivity contribution in [1.82, 2.24) is 10.2 Å². The Morgan fingerprint density at radius 3 is 2.50 bits per heavy atom.